The van der Waals surface area contributed by atoms with Crippen molar-refractivity contribution in [2.75, 3.05) is 0 Å². The Morgan fingerprint density at radius 2 is 1.48 bits per heavy atom. The van der Waals surface area contributed by atoms with E-state index >= 15 is 0 Å². The van der Waals surface area contributed by atoms with E-state index in [1.807, 2.05) is 12.1 Å². The molecule has 0 amide bonds. The highest BCUT2D eigenvalue weighted by atomic mass is 35.5. The van der Waals surface area contributed by atoms with Gasteiger partial charge in [0.15, 0.2) is 0 Å². The molecule has 1 aromatic heterocycles. The maximum atomic E-state index is 6.07. The lowest BCUT2D eigenvalue weighted by molar-refractivity contribution is 0.0719. The zero-order chi connectivity index (χ0) is 14.5. The van der Waals surface area contributed by atoms with Crippen molar-refractivity contribution in [3.05, 3.63) is 29.0 Å². The lowest BCUT2D eigenvalue weighted by Gasteiger charge is -2.41. The van der Waals surface area contributed by atoms with E-state index in [4.69, 9.17) is 11.6 Å². The second-order valence-corrected chi connectivity index (χ2v) is 7.09. The van der Waals surface area contributed by atoms with Gasteiger partial charge < -0.3 is 0 Å². The molecular weight excluding hydrogens is 280 g/mol. The molecule has 3 heteroatoms. The van der Waals surface area contributed by atoms with E-state index in [0.717, 1.165) is 24.3 Å². The maximum absolute atomic E-state index is 6.07. The van der Waals surface area contributed by atoms with Crippen LogP contribution in [0, 0.1) is 0 Å². The van der Waals surface area contributed by atoms with E-state index < -0.39 is 0 Å². The second-order valence-electron chi connectivity index (χ2n) is 6.71. The number of rotatable bonds is 4. The highest BCUT2D eigenvalue weighted by Gasteiger charge is 2.29. The summed E-state index contributed by atoms with van der Waals surface area (Å²) < 4.78 is 0. The van der Waals surface area contributed by atoms with Crippen molar-refractivity contribution in [3.8, 4) is 0 Å². The Bertz CT molecular complexity index is 419. The van der Waals surface area contributed by atoms with Crippen LogP contribution in [0.1, 0.15) is 69.9 Å². The lowest BCUT2D eigenvalue weighted by atomic mass is 9.88. The van der Waals surface area contributed by atoms with Crippen LogP contribution in [0.4, 0.5) is 0 Å². The minimum atomic E-state index is 0.625. The molecule has 1 aromatic rings. The molecule has 0 atom stereocenters. The monoisotopic (exact) mass is 306 g/mol. The zero-order valence-corrected chi connectivity index (χ0v) is 13.7. The molecule has 2 aliphatic rings. The van der Waals surface area contributed by atoms with E-state index in [9.17, 15) is 0 Å². The Balaban J connectivity index is 1.73. The molecule has 0 unspecified atom stereocenters. The molecule has 1 heterocycles. The molecular formula is C18H27ClN2. The van der Waals surface area contributed by atoms with E-state index in [1.54, 1.807) is 0 Å². The Kier molecular flexibility index (Phi) is 5.54. The summed E-state index contributed by atoms with van der Waals surface area (Å²) in [4.78, 5) is 7.30. The van der Waals surface area contributed by atoms with Crippen molar-refractivity contribution in [2.45, 2.75) is 82.8 Å². The number of pyridine rings is 1. The summed E-state index contributed by atoms with van der Waals surface area (Å²) in [7, 11) is 0. The summed E-state index contributed by atoms with van der Waals surface area (Å²) in [5, 5.41) is 0.625. The minimum absolute atomic E-state index is 0.625. The summed E-state index contributed by atoms with van der Waals surface area (Å²) in [6, 6.07) is 7.57. The SMILES string of the molecule is Clc1cccc(CN(C2CCCCC2)C2CCCCC2)n1. The van der Waals surface area contributed by atoms with Gasteiger partial charge in [-0.2, -0.15) is 0 Å². The smallest absolute Gasteiger partial charge is 0.129 e. The van der Waals surface area contributed by atoms with Gasteiger partial charge in [0.05, 0.1) is 5.69 Å². The third kappa shape index (κ3) is 4.20. The second kappa shape index (κ2) is 7.60. The summed E-state index contributed by atoms with van der Waals surface area (Å²) in [6.45, 7) is 0.982. The number of hydrogen-bond acceptors (Lipinski definition) is 2. The predicted molar refractivity (Wildman–Crippen MR) is 88.5 cm³/mol. The Hall–Kier alpha value is -0.600. The van der Waals surface area contributed by atoms with Crippen LogP contribution in [0.25, 0.3) is 0 Å². The number of halogens is 1. The van der Waals surface area contributed by atoms with E-state index in [1.165, 1.54) is 64.2 Å². The van der Waals surface area contributed by atoms with Crippen molar-refractivity contribution in [1.29, 1.82) is 0 Å². The molecule has 116 valence electrons. The fourth-order valence-corrected chi connectivity index (χ4v) is 4.29. The molecule has 0 aliphatic heterocycles. The molecule has 0 spiro atoms. The first-order valence-corrected chi connectivity index (χ1v) is 9.08. The van der Waals surface area contributed by atoms with Crippen LogP contribution in [-0.2, 0) is 6.54 Å². The quantitative estimate of drug-likeness (QED) is 0.711. The molecule has 0 aromatic carbocycles. The van der Waals surface area contributed by atoms with Crippen LogP contribution in [-0.4, -0.2) is 22.0 Å². The summed E-state index contributed by atoms with van der Waals surface area (Å²) >= 11 is 6.07. The van der Waals surface area contributed by atoms with Gasteiger partial charge in [0.2, 0.25) is 0 Å². The molecule has 21 heavy (non-hydrogen) atoms. The van der Waals surface area contributed by atoms with Gasteiger partial charge in [0, 0.05) is 18.6 Å². The van der Waals surface area contributed by atoms with Gasteiger partial charge in [-0.15, -0.1) is 0 Å². The minimum Gasteiger partial charge on any atom is -0.292 e. The zero-order valence-electron chi connectivity index (χ0n) is 12.9. The molecule has 2 aliphatic carbocycles. The van der Waals surface area contributed by atoms with E-state index in [2.05, 4.69) is 16.0 Å². The number of hydrogen-bond donors (Lipinski definition) is 0. The topological polar surface area (TPSA) is 16.1 Å². The molecule has 3 rings (SSSR count). The van der Waals surface area contributed by atoms with E-state index in [0.29, 0.717) is 5.15 Å². The Morgan fingerprint density at radius 1 is 0.905 bits per heavy atom. The molecule has 0 saturated heterocycles. The normalized spacial score (nSPS) is 21.8. The maximum Gasteiger partial charge on any atom is 0.129 e. The number of nitrogens with zero attached hydrogens (tertiary/aromatic N) is 2. The van der Waals surface area contributed by atoms with Gasteiger partial charge in [0.25, 0.3) is 0 Å². The van der Waals surface area contributed by atoms with Crippen LogP contribution in [0.2, 0.25) is 5.15 Å². The average molecular weight is 307 g/mol. The molecule has 0 radical (unpaired) electrons. The fraction of sp³-hybridized carbons (Fsp3) is 0.722. The van der Waals surface area contributed by atoms with Crippen molar-refractivity contribution in [1.82, 2.24) is 9.88 Å². The predicted octanol–water partition coefficient (Wildman–Crippen LogP) is 5.20. The third-order valence-corrected chi connectivity index (χ3v) is 5.42. The van der Waals surface area contributed by atoms with Crippen LogP contribution in [0.5, 0.6) is 0 Å². The molecule has 2 fully saturated rings. The largest absolute Gasteiger partial charge is 0.292 e. The van der Waals surface area contributed by atoms with E-state index in [-0.39, 0.29) is 0 Å². The molecule has 2 saturated carbocycles. The fourth-order valence-electron chi connectivity index (χ4n) is 4.11. The molecule has 0 bridgehead atoms. The van der Waals surface area contributed by atoms with Gasteiger partial charge >= 0.3 is 0 Å². The highest BCUT2D eigenvalue weighted by molar-refractivity contribution is 6.29. The van der Waals surface area contributed by atoms with Crippen LogP contribution in [0.3, 0.4) is 0 Å². The van der Waals surface area contributed by atoms with Gasteiger partial charge in [-0.05, 0) is 37.8 Å². The Labute approximate surface area is 133 Å². The standard InChI is InChI=1S/C18H27ClN2/c19-18-13-7-8-15(20-18)14-21(16-9-3-1-4-10-16)17-11-5-2-6-12-17/h7-8,13,16-17H,1-6,9-12,14H2. The highest BCUT2D eigenvalue weighted by Crippen LogP contribution is 2.31. The average Bonchev–Trinajstić information content (AvgIpc) is 2.54. The van der Waals surface area contributed by atoms with Crippen molar-refractivity contribution >= 4 is 11.6 Å². The van der Waals surface area contributed by atoms with Gasteiger partial charge in [-0.1, -0.05) is 56.2 Å². The summed E-state index contributed by atoms with van der Waals surface area (Å²) in [5.74, 6) is 0. The molecule has 0 N–H and O–H groups in total. The molecule has 2 nitrogen and oxygen atoms in total. The first-order chi connectivity index (χ1) is 10.3. The van der Waals surface area contributed by atoms with Crippen molar-refractivity contribution in [2.24, 2.45) is 0 Å². The van der Waals surface area contributed by atoms with Crippen molar-refractivity contribution in [3.63, 3.8) is 0 Å². The van der Waals surface area contributed by atoms with Gasteiger partial charge in [0.1, 0.15) is 5.15 Å². The van der Waals surface area contributed by atoms with Crippen molar-refractivity contribution < 1.29 is 0 Å². The van der Waals surface area contributed by atoms with Crippen LogP contribution in [0.15, 0.2) is 18.2 Å². The lowest BCUT2D eigenvalue weighted by Crippen LogP contribution is -2.44. The summed E-state index contributed by atoms with van der Waals surface area (Å²) in [5.41, 5.74) is 1.14. The van der Waals surface area contributed by atoms with Gasteiger partial charge in [-0.3, -0.25) is 4.90 Å². The number of aromatic nitrogens is 1. The first-order valence-electron chi connectivity index (χ1n) is 8.70. The van der Waals surface area contributed by atoms with Gasteiger partial charge in [-0.25, -0.2) is 4.98 Å². The van der Waals surface area contributed by atoms with Crippen LogP contribution >= 0.6 is 11.6 Å². The Morgan fingerprint density at radius 3 is 2.00 bits per heavy atom. The first kappa shape index (κ1) is 15.3. The summed E-state index contributed by atoms with van der Waals surface area (Å²) in [6.07, 6.45) is 13.9. The third-order valence-electron chi connectivity index (χ3n) is 5.20. The van der Waals surface area contributed by atoms with Crippen LogP contribution < -0.4 is 0 Å².